The Morgan fingerprint density at radius 2 is 1.45 bits per heavy atom. The molecule has 0 aliphatic heterocycles. The second kappa shape index (κ2) is 5.09. The van der Waals surface area contributed by atoms with Crippen molar-refractivity contribution in [1.82, 2.24) is 9.78 Å². The number of hydrogen-bond acceptors (Lipinski definition) is 3. The molecule has 0 aliphatic carbocycles. The lowest BCUT2D eigenvalue weighted by molar-refractivity contribution is 0.896. The van der Waals surface area contributed by atoms with E-state index >= 15 is 0 Å². The van der Waals surface area contributed by atoms with Crippen LogP contribution in [0.2, 0.25) is 0 Å². The van der Waals surface area contributed by atoms with Crippen LogP contribution >= 0.6 is 0 Å². The lowest BCUT2D eigenvalue weighted by Gasteiger charge is -2.05. The fourth-order valence-corrected chi connectivity index (χ4v) is 2.23. The zero-order valence-corrected chi connectivity index (χ0v) is 11.0. The third-order valence-corrected chi connectivity index (χ3v) is 3.28. The van der Waals surface area contributed by atoms with E-state index in [1.165, 1.54) is 5.56 Å². The van der Waals surface area contributed by atoms with Gasteiger partial charge < -0.3 is 11.5 Å². The number of nitrogens with two attached hydrogens (primary N) is 2. The molecule has 20 heavy (non-hydrogen) atoms. The van der Waals surface area contributed by atoms with E-state index in [-0.39, 0.29) is 0 Å². The molecule has 3 aromatic rings. The molecule has 0 saturated heterocycles. The minimum absolute atomic E-state index is 0.482. The summed E-state index contributed by atoms with van der Waals surface area (Å²) in [6, 6.07) is 19.9. The second-order valence-electron chi connectivity index (χ2n) is 4.66. The van der Waals surface area contributed by atoms with E-state index < -0.39 is 0 Å². The predicted octanol–water partition coefficient (Wildman–Crippen LogP) is 2.63. The number of para-hydroxylation sites is 1. The Morgan fingerprint density at radius 1 is 0.850 bits per heavy atom. The van der Waals surface area contributed by atoms with Crippen molar-refractivity contribution in [2.75, 3.05) is 11.5 Å². The second-order valence-corrected chi connectivity index (χ2v) is 4.66. The van der Waals surface area contributed by atoms with Crippen molar-refractivity contribution in [3.8, 4) is 5.69 Å². The summed E-state index contributed by atoms with van der Waals surface area (Å²) in [6.07, 6.45) is 0.686. The van der Waals surface area contributed by atoms with Crippen LogP contribution in [-0.2, 0) is 6.42 Å². The average molecular weight is 264 g/mol. The van der Waals surface area contributed by atoms with Gasteiger partial charge in [0.25, 0.3) is 0 Å². The minimum Gasteiger partial charge on any atom is -0.383 e. The summed E-state index contributed by atoms with van der Waals surface area (Å²) in [6.45, 7) is 0. The van der Waals surface area contributed by atoms with Gasteiger partial charge in [0.15, 0.2) is 5.82 Å². The van der Waals surface area contributed by atoms with Crippen molar-refractivity contribution in [2.24, 2.45) is 0 Å². The molecule has 0 spiro atoms. The lowest BCUT2D eigenvalue weighted by Crippen LogP contribution is -2.03. The molecule has 2 aromatic carbocycles. The highest BCUT2D eigenvalue weighted by Gasteiger charge is 2.14. The third-order valence-electron chi connectivity index (χ3n) is 3.28. The molecular weight excluding hydrogens is 248 g/mol. The molecular formula is C16H16N4. The highest BCUT2D eigenvalue weighted by molar-refractivity contribution is 5.59. The highest BCUT2D eigenvalue weighted by Crippen LogP contribution is 2.25. The number of rotatable bonds is 3. The molecule has 0 amide bonds. The van der Waals surface area contributed by atoms with Gasteiger partial charge in [0.1, 0.15) is 5.82 Å². The number of nitrogen functional groups attached to an aromatic ring is 2. The van der Waals surface area contributed by atoms with E-state index in [1.807, 2.05) is 48.5 Å². The normalized spacial score (nSPS) is 10.6. The topological polar surface area (TPSA) is 69.9 Å². The summed E-state index contributed by atoms with van der Waals surface area (Å²) < 4.78 is 1.69. The fraction of sp³-hybridized carbons (Fsp3) is 0.0625. The molecule has 0 aliphatic rings. The molecule has 100 valence electrons. The summed E-state index contributed by atoms with van der Waals surface area (Å²) in [5.41, 5.74) is 15.2. The highest BCUT2D eigenvalue weighted by atomic mass is 15.3. The summed E-state index contributed by atoms with van der Waals surface area (Å²) in [7, 11) is 0. The Bertz CT molecular complexity index is 702. The van der Waals surface area contributed by atoms with Crippen LogP contribution < -0.4 is 11.5 Å². The summed E-state index contributed by atoms with van der Waals surface area (Å²) >= 11 is 0. The first-order chi connectivity index (χ1) is 9.75. The molecule has 4 heteroatoms. The predicted molar refractivity (Wildman–Crippen MR) is 81.6 cm³/mol. The van der Waals surface area contributed by atoms with Gasteiger partial charge in [-0.25, -0.2) is 4.68 Å². The van der Waals surface area contributed by atoms with Gasteiger partial charge in [-0.1, -0.05) is 48.5 Å². The maximum Gasteiger partial charge on any atom is 0.151 e. The first kappa shape index (κ1) is 12.3. The van der Waals surface area contributed by atoms with Crippen molar-refractivity contribution >= 4 is 11.6 Å². The largest absolute Gasteiger partial charge is 0.383 e. The van der Waals surface area contributed by atoms with Crippen LogP contribution in [0.5, 0.6) is 0 Å². The molecule has 0 bridgehead atoms. The quantitative estimate of drug-likeness (QED) is 0.764. The van der Waals surface area contributed by atoms with Crippen LogP contribution in [0.25, 0.3) is 5.69 Å². The van der Waals surface area contributed by atoms with Gasteiger partial charge in [-0.2, -0.15) is 0 Å². The Kier molecular flexibility index (Phi) is 3.13. The number of hydrogen-bond donors (Lipinski definition) is 2. The Hall–Kier alpha value is -2.75. The van der Waals surface area contributed by atoms with Crippen molar-refractivity contribution in [3.63, 3.8) is 0 Å². The third kappa shape index (κ3) is 2.23. The number of benzene rings is 2. The summed E-state index contributed by atoms with van der Waals surface area (Å²) in [4.78, 5) is 0. The Morgan fingerprint density at radius 3 is 2.10 bits per heavy atom. The van der Waals surface area contributed by atoms with Crippen molar-refractivity contribution in [1.29, 1.82) is 0 Å². The molecule has 4 nitrogen and oxygen atoms in total. The first-order valence-corrected chi connectivity index (χ1v) is 6.48. The standard InChI is InChI=1S/C16H16N4/c17-15-14(11-12-7-3-1-4-8-12)16(18)20(19-15)13-9-5-2-6-10-13/h1-10H,11,18H2,(H2,17,19). The number of nitrogens with zero attached hydrogens (tertiary/aromatic N) is 2. The zero-order valence-electron chi connectivity index (χ0n) is 11.0. The maximum absolute atomic E-state index is 6.20. The van der Waals surface area contributed by atoms with E-state index in [1.54, 1.807) is 4.68 Å². The van der Waals surface area contributed by atoms with E-state index in [4.69, 9.17) is 11.5 Å². The van der Waals surface area contributed by atoms with E-state index in [0.717, 1.165) is 11.3 Å². The summed E-state index contributed by atoms with van der Waals surface area (Å²) in [5.74, 6) is 1.08. The molecule has 0 fully saturated rings. The molecule has 0 radical (unpaired) electrons. The van der Waals surface area contributed by atoms with Crippen molar-refractivity contribution < 1.29 is 0 Å². The maximum atomic E-state index is 6.20. The van der Waals surface area contributed by atoms with Gasteiger partial charge in [-0.3, -0.25) is 0 Å². The van der Waals surface area contributed by atoms with Crippen LogP contribution in [0.15, 0.2) is 60.7 Å². The SMILES string of the molecule is Nc1nn(-c2ccccc2)c(N)c1Cc1ccccc1. The molecule has 0 unspecified atom stereocenters. The van der Waals surface area contributed by atoms with Crippen molar-refractivity contribution in [3.05, 3.63) is 71.8 Å². The smallest absolute Gasteiger partial charge is 0.151 e. The molecule has 0 atom stereocenters. The van der Waals surface area contributed by atoms with Crippen LogP contribution in [0.4, 0.5) is 11.6 Å². The van der Waals surface area contributed by atoms with Gasteiger partial charge in [0.2, 0.25) is 0 Å². The minimum atomic E-state index is 0.482. The first-order valence-electron chi connectivity index (χ1n) is 6.48. The lowest BCUT2D eigenvalue weighted by atomic mass is 10.1. The van der Waals surface area contributed by atoms with E-state index in [0.29, 0.717) is 18.1 Å². The average Bonchev–Trinajstić information content (AvgIpc) is 2.77. The Balaban J connectivity index is 1.99. The van der Waals surface area contributed by atoms with Crippen LogP contribution in [0, 0.1) is 0 Å². The molecule has 1 aromatic heterocycles. The molecule has 3 rings (SSSR count). The van der Waals surface area contributed by atoms with Crippen molar-refractivity contribution in [2.45, 2.75) is 6.42 Å². The summed E-state index contributed by atoms with van der Waals surface area (Å²) in [5, 5.41) is 4.35. The van der Waals surface area contributed by atoms with Gasteiger partial charge in [-0.15, -0.1) is 5.10 Å². The van der Waals surface area contributed by atoms with Gasteiger partial charge in [-0.05, 0) is 17.7 Å². The number of anilines is 2. The Labute approximate surface area is 117 Å². The van der Waals surface area contributed by atoms with Gasteiger partial charge in [0.05, 0.1) is 5.69 Å². The van der Waals surface area contributed by atoms with E-state index in [9.17, 15) is 0 Å². The van der Waals surface area contributed by atoms with Crippen LogP contribution in [0.1, 0.15) is 11.1 Å². The van der Waals surface area contributed by atoms with Crippen LogP contribution in [0.3, 0.4) is 0 Å². The van der Waals surface area contributed by atoms with E-state index in [2.05, 4.69) is 17.2 Å². The zero-order chi connectivity index (χ0) is 13.9. The van der Waals surface area contributed by atoms with Gasteiger partial charge in [0, 0.05) is 12.0 Å². The number of aromatic nitrogens is 2. The molecule has 4 N–H and O–H groups in total. The van der Waals surface area contributed by atoms with Gasteiger partial charge >= 0.3 is 0 Å². The van der Waals surface area contributed by atoms with Crippen LogP contribution in [-0.4, -0.2) is 9.78 Å². The molecule has 0 saturated carbocycles. The fourth-order valence-electron chi connectivity index (χ4n) is 2.23. The molecule has 1 heterocycles. The monoisotopic (exact) mass is 264 g/mol.